The molecular formula is C43H48N6O5Si. The number of hydrogen-bond acceptors (Lipinski definition) is 8. The van der Waals surface area contributed by atoms with Gasteiger partial charge in [-0.15, -0.1) is 5.10 Å². The van der Waals surface area contributed by atoms with Gasteiger partial charge in [0, 0.05) is 48.7 Å². The Kier molecular flexibility index (Phi) is 9.93. The summed E-state index contributed by atoms with van der Waals surface area (Å²) in [7, 11) is -0.741. The lowest BCUT2D eigenvalue weighted by atomic mass is 9.82. The molecule has 1 aromatic heterocycles. The van der Waals surface area contributed by atoms with Crippen LogP contribution < -0.4 is 25.0 Å². The zero-order chi connectivity index (χ0) is 38.3. The summed E-state index contributed by atoms with van der Waals surface area (Å²) < 4.78 is 14.8. The summed E-state index contributed by atoms with van der Waals surface area (Å²) in [5.74, 6) is 0.163. The summed E-state index contributed by atoms with van der Waals surface area (Å²) in [4.78, 5) is 32.1. The molecule has 0 bridgehead atoms. The second-order valence-corrected chi connectivity index (χ2v) is 20.1. The van der Waals surface area contributed by atoms with E-state index >= 15 is 4.79 Å². The van der Waals surface area contributed by atoms with E-state index in [1.165, 1.54) is 5.19 Å². The van der Waals surface area contributed by atoms with Crippen LogP contribution in [0, 0.1) is 5.92 Å². The van der Waals surface area contributed by atoms with Gasteiger partial charge < -0.3 is 24.8 Å². The molecule has 2 N–H and O–H groups in total. The van der Waals surface area contributed by atoms with Crippen LogP contribution in [0.4, 0.5) is 17.1 Å². The fourth-order valence-corrected chi connectivity index (χ4v) is 13.3. The van der Waals surface area contributed by atoms with Gasteiger partial charge in [0.25, 0.3) is 5.91 Å². The Bertz CT molecular complexity index is 2160. The van der Waals surface area contributed by atoms with Crippen molar-refractivity contribution in [3.63, 3.8) is 0 Å². The lowest BCUT2D eigenvalue weighted by Gasteiger charge is -2.37. The first-order valence-corrected chi connectivity index (χ1v) is 22.2. The predicted octanol–water partition coefficient (Wildman–Crippen LogP) is 5.33. The Morgan fingerprint density at radius 1 is 0.982 bits per heavy atom. The number of aliphatic hydroxyl groups excluding tert-OH is 1. The van der Waals surface area contributed by atoms with Gasteiger partial charge in [-0.2, -0.15) is 0 Å². The molecule has 2 saturated heterocycles. The summed E-state index contributed by atoms with van der Waals surface area (Å²) in [5, 5.41) is 23.7. The highest BCUT2D eigenvalue weighted by Crippen LogP contribution is 2.61. The van der Waals surface area contributed by atoms with Gasteiger partial charge in [0.15, 0.2) is 5.60 Å². The summed E-state index contributed by atoms with van der Waals surface area (Å²) in [6, 6.07) is 33.9. The number of anilines is 3. The number of para-hydroxylation sites is 1. The maximum atomic E-state index is 15.4. The van der Waals surface area contributed by atoms with E-state index in [0.717, 1.165) is 33.9 Å². The Balaban J connectivity index is 1.21. The van der Waals surface area contributed by atoms with Gasteiger partial charge in [-0.1, -0.05) is 91.1 Å². The van der Waals surface area contributed by atoms with Gasteiger partial charge in [0.1, 0.15) is 5.75 Å². The maximum Gasteiger partial charge on any atom is 0.268 e. The van der Waals surface area contributed by atoms with Crippen molar-refractivity contribution >= 4 is 42.1 Å². The average Bonchev–Trinajstić information content (AvgIpc) is 3.87. The minimum absolute atomic E-state index is 0.00317. The number of nitrogens with one attached hydrogen (secondary N) is 1. The molecule has 12 heteroatoms. The first-order valence-electron chi connectivity index (χ1n) is 19.1. The first kappa shape index (κ1) is 36.8. The Morgan fingerprint density at radius 3 is 2.40 bits per heavy atom. The van der Waals surface area contributed by atoms with E-state index < -0.39 is 13.7 Å². The SMILES string of the molecule is COc1ccc([Si](C)(C)[C@@H]2[C@@H](CCn3cc(C(CO)c4ccccc4)nn3)O[C@]3(C(=O)N(c4ccccc4)c4ccc(N5CCNCC5=O)cc43)[C@H]2C)cc1. The number of carbonyl (C=O) groups excluding carboxylic acids is 2. The lowest BCUT2D eigenvalue weighted by Crippen LogP contribution is -2.51. The number of carbonyl (C=O) groups is 2. The molecule has 0 saturated carbocycles. The van der Waals surface area contributed by atoms with Crippen molar-refractivity contribution in [2.24, 2.45) is 5.92 Å². The van der Waals surface area contributed by atoms with Crippen LogP contribution in [0.1, 0.15) is 36.1 Å². The summed E-state index contributed by atoms with van der Waals surface area (Å²) >= 11 is 0. The Labute approximate surface area is 322 Å². The van der Waals surface area contributed by atoms with Crippen LogP contribution in [0.25, 0.3) is 0 Å². The number of aromatic nitrogens is 3. The monoisotopic (exact) mass is 756 g/mol. The molecule has 0 radical (unpaired) electrons. The maximum absolute atomic E-state index is 15.4. The molecule has 4 heterocycles. The molecule has 2 fully saturated rings. The zero-order valence-electron chi connectivity index (χ0n) is 31.8. The highest BCUT2D eigenvalue weighted by molar-refractivity contribution is 6.91. The van der Waals surface area contributed by atoms with E-state index in [1.807, 2.05) is 107 Å². The molecule has 8 rings (SSSR count). The molecule has 284 valence electrons. The summed E-state index contributed by atoms with van der Waals surface area (Å²) in [5.41, 5.74) is 3.48. The molecule has 11 nitrogen and oxygen atoms in total. The Hall–Kier alpha value is -5.14. The van der Waals surface area contributed by atoms with Crippen molar-refractivity contribution in [3.8, 4) is 5.75 Å². The smallest absolute Gasteiger partial charge is 0.268 e. The number of piperazine rings is 1. The fourth-order valence-electron chi connectivity index (χ4n) is 9.27. The molecule has 5 atom stereocenters. The molecule has 0 aliphatic carbocycles. The molecule has 3 aliphatic rings. The molecule has 4 aromatic carbocycles. The van der Waals surface area contributed by atoms with Crippen molar-refractivity contribution in [3.05, 3.63) is 126 Å². The summed E-state index contributed by atoms with van der Waals surface area (Å²) in [6.45, 7) is 8.85. The van der Waals surface area contributed by atoms with Gasteiger partial charge in [0.05, 0.1) is 51.7 Å². The lowest BCUT2D eigenvalue weighted by molar-refractivity contribution is -0.145. The molecule has 3 aliphatic heterocycles. The van der Waals surface area contributed by atoms with E-state index in [9.17, 15) is 9.90 Å². The number of fused-ring (bicyclic) bond motifs is 2. The molecule has 55 heavy (non-hydrogen) atoms. The predicted molar refractivity (Wildman–Crippen MR) is 215 cm³/mol. The third-order valence-corrected chi connectivity index (χ3v) is 16.4. The Morgan fingerprint density at radius 2 is 1.71 bits per heavy atom. The number of aryl methyl sites for hydroxylation is 1. The molecule has 1 unspecified atom stereocenters. The number of aliphatic hydroxyl groups is 1. The van der Waals surface area contributed by atoms with E-state index in [4.69, 9.17) is 9.47 Å². The van der Waals surface area contributed by atoms with Crippen LogP contribution in [0.5, 0.6) is 5.75 Å². The van der Waals surface area contributed by atoms with Gasteiger partial charge in [0.2, 0.25) is 5.91 Å². The van der Waals surface area contributed by atoms with E-state index in [0.29, 0.717) is 31.7 Å². The number of amides is 2. The number of hydrogen-bond donors (Lipinski definition) is 2. The highest BCUT2D eigenvalue weighted by atomic mass is 28.3. The molecule has 2 amide bonds. The molecular weight excluding hydrogens is 709 g/mol. The third kappa shape index (κ3) is 6.36. The van der Waals surface area contributed by atoms with Crippen molar-refractivity contribution in [2.45, 2.75) is 56.1 Å². The van der Waals surface area contributed by atoms with Gasteiger partial charge in [-0.25, -0.2) is 0 Å². The van der Waals surface area contributed by atoms with Crippen LogP contribution in [-0.4, -0.2) is 79.4 Å². The van der Waals surface area contributed by atoms with Gasteiger partial charge >= 0.3 is 0 Å². The molecule has 5 aromatic rings. The fraction of sp³-hybridized carbons (Fsp3) is 0.349. The first-order chi connectivity index (χ1) is 26.7. The molecule has 1 spiro atoms. The second-order valence-electron chi connectivity index (χ2n) is 15.4. The van der Waals surface area contributed by atoms with Gasteiger partial charge in [-0.3, -0.25) is 19.2 Å². The minimum Gasteiger partial charge on any atom is -0.497 e. The van der Waals surface area contributed by atoms with E-state index in [2.05, 4.69) is 47.8 Å². The van der Waals surface area contributed by atoms with Crippen LogP contribution >= 0.6 is 0 Å². The minimum atomic E-state index is -2.41. The second kappa shape index (κ2) is 14.8. The van der Waals surface area contributed by atoms with Crippen molar-refractivity contribution in [1.82, 2.24) is 20.3 Å². The largest absolute Gasteiger partial charge is 0.497 e. The zero-order valence-corrected chi connectivity index (χ0v) is 32.8. The number of benzene rings is 4. The number of methoxy groups -OCH3 is 1. The standard InChI is InChI=1S/C43H48N6O5Si/c1-29-41(55(3,4)34-18-16-33(53-2)17-19-34)39(21-23-47-27-37(45-46-47)35(28-50)30-11-7-5-8-12-30)54-43(29)36-25-32(48-24-22-44-26-40(48)51)15-20-38(36)49(42(43)52)31-13-9-6-10-14-31/h5-20,25,27,29,35,39,41,44,50H,21-24,26,28H2,1-4H3/t29-,35?,39+,41-,43+/m0/s1. The van der Waals surface area contributed by atoms with Crippen LogP contribution in [0.2, 0.25) is 18.6 Å². The van der Waals surface area contributed by atoms with E-state index in [-0.39, 0.29) is 48.4 Å². The van der Waals surface area contributed by atoms with E-state index in [1.54, 1.807) is 12.0 Å². The third-order valence-electron chi connectivity index (χ3n) is 12.1. The highest BCUT2D eigenvalue weighted by Gasteiger charge is 2.66. The number of ether oxygens (including phenoxy) is 2. The van der Waals surface area contributed by atoms with Crippen molar-refractivity contribution in [1.29, 1.82) is 0 Å². The number of nitrogens with zero attached hydrogens (tertiary/aromatic N) is 5. The topological polar surface area (TPSA) is 122 Å². The number of rotatable bonds is 11. The van der Waals surface area contributed by atoms with Gasteiger partial charge in [-0.05, 0) is 60.0 Å². The van der Waals surface area contributed by atoms with Crippen LogP contribution in [0.15, 0.2) is 109 Å². The summed E-state index contributed by atoms with van der Waals surface area (Å²) in [6.07, 6.45) is 2.18. The van der Waals surface area contributed by atoms with Crippen molar-refractivity contribution < 1.29 is 24.2 Å². The quantitative estimate of drug-likeness (QED) is 0.174. The normalized spacial score (nSPS) is 23.0. The average molecular weight is 757 g/mol. The van der Waals surface area contributed by atoms with Crippen LogP contribution in [0.3, 0.4) is 0 Å². The van der Waals surface area contributed by atoms with Crippen LogP contribution in [-0.2, 0) is 26.5 Å². The van der Waals surface area contributed by atoms with Crippen molar-refractivity contribution in [2.75, 3.05) is 43.2 Å².